The number of hydrogen-bond donors (Lipinski definition) is 1. The summed E-state index contributed by atoms with van der Waals surface area (Å²) in [5, 5.41) is 3.13. The molecule has 41 heavy (non-hydrogen) atoms. The number of nitrogens with zero attached hydrogens (tertiary/aromatic N) is 2. The molecule has 0 aromatic heterocycles. The Bertz CT molecular complexity index is 1440. The summed E-state index contributed by atoms with van der Waals surface area (Å²) in [6, 6.07) is 18.7. The Hall–Kier alpha value is -3.76. The Morgan fingerprint density at radius 2 is 1.68 bits per heavy atom. The van der Waals surface area contributed by atoms with Gasteiger partial charge in [0.15, 0.2) is 0 Å². The second-order valence-corrected chi connectivity index (χ2v) is 11.5. The van der Waals surface area contributed by atoms with Crippen molar-refractivity contribution in [3.8, 4) is 11.5 Å². The normalized spacial score (nSPS) is 11.8. The van der Waals surface area contributed by atoms with Crippen LogP contribution in [0, 0.1) is 0 Å². The number of anilines is 1. The molecular weight excluding hydrogens is 566 g/mol. The third-order valence-corrected chi connectivity index (χ3v) is 8.45. The van der Waals surface area contributed by atoms with Gasteiger partial charge in [-0.3, -0.25) is 13.9 Å². The SMILES string of the molecule is CCCNC(=O)[C@@H](CC)N(Cc1cccc(OC)c1)C(=O)CN(c1cc(Cl)ccc1OC)S(=O)(=O)c1ccccc1. The summed E-state index contributed by atoms with van der Waals surface area (Å²) in [5.41, 5.74) is 0.819. The Morgan fingerprint density at radius 1 is 0.951 bits per heavy atom. The fraction of sp³-hybridized carbons (Fsp3) is 0.333. The first-order chi connectivity index (χ1) is 19.7. The van der Waals surface area contributed by atoms with Crippen LogP contribution in [0.15, 0.2) is 77.7 Å². The maximum atomic E-state index is 14.2. The van der Waals surface area contributed by atoms with E-state index in [1.165, 1.54) is 36.3 Å². The predicted molar refractivity (Wildman–Crippen MR) is 160 cm³/mol. The summed E-state index contributed by atoms with van der Waals surface area (Å²) < 4.78 is 39.8. The average molecular weight is 602 g/mol. The highest BCUT2D eigenvalue weighted by atomic mass is 35.5. The molecule has 0 radical (unpaired) electrons. The molecule has 0 heterocycles. The standard InChI is InChI=1S/C30H36ClN3O6S/c1-5-17-32-30(36)26(6-2)33(20-22-11-10-12-24(18-22)39-3)29(35)21-34(27-19-23(31)15-16-28(27)40-4)41(37,38)25-13-8-7-9-14-25/h7-16,18-19,26H,5-6,17,20-21H2,1-4H3,(H,32,36)/t26-/m1/s1. The summed E-state index contributed by atoms with van der Waals surface area (Å²) in [6.07, 6.45) is 1.04. The lowest BCUT2D eigenvalue weighted by Crippen LogP contribution is -2.52. The zero-order valence-corrected chi connectivity index (χ0v) is 25.2. The molecule has 0 unspecified atom stereocenters. The summed E-state index contributed by atoms with van der Waals surface area (Å²) in [7, 11) is -1.31. The first kappa shape index (κ1) is 31.8. The first-order valence-electron chi connectivity index (χ1n) is 13.3. The number of nitrogens with one attached hydrogen (secondary N) is 1. The van der Waals surface area contributed by atoms with Gasteiger partial charge in [0, 0.05) is 18.1 Å². The summed E-state index contributed by atoms with van der Waals surface area (Å²) in [5.74, 6) is -0.0830. The Balaban J connectivity index is 2.11. The van der Waals surface area contributed by atoms with Crippen LogP contribution in [-0.2, 0) is 26.2 Å². The van der Waals surface area contributed by atoms with Gasteiger partial charge >= 0.3 is 0 Å². The molecule has 1 atom stereocenters. The van der Waals surface area contributed by atoms with Gasteiger partial charge in [-0.15, -0.1) is 0 Å². The van der Waals surface area contributed by atoms with Gasteiger partial charge in [0.05, 0.1) is 24.8 Å². The van der Waals surface area contributed by atoms with Crippen LogP contribution in [0.5, 0.6) is 11.5 Å². The molecule has 0 aliphatic heterocycles. The molecule has 3 aromatic rings. The van der Waals surface area contributed by atoms with E-state index in [0.717, 1.165) is 16.3 Å². The molecule has 0 spiro atoms. The third kappa shape index (κ3) is 7.92. The molecule has 0 aliphatic rings. The molecule has 11 heteroatoms. The number of benzene rings is 3. The van der Waals surface area contributed by atoms with Gasteiger partial charge in [0.25, 0.3) is 10.0 Å². The molecule has 0 saturated carbocycles. The lowest BCUT2D eigenvalue weighted by atomic mass is 10.1. The van der Waals surface area contributed by atoms with Crippen LogP contribution >= 0.6 is 11.6 Å². The van der Waals surface area contributed by atoms with Crippen molar-refractivity contribution in [2.75, 3.05) is 31.6 Å². The Kier molecular flexibility index (Phi) is 11.4. The quantitative estimate of drug-likeness (QED) is 0.282. The molecule has 2 amide bonds. The first-order valence-corrected chi connectivity index (χ1v) is 15.1. The zero-order chi connectivity index (χ0) is 30.0. The molecule has 9 nitrogen and oxygen atoms in total. The van der Waals surface area contributed by atoms with Crippen LogP contribution in [-0.4, -0.2) is 58.5 Å². The van der Waals surface area contributed by atoms with E-state index in [-0.39, 0.29) is 33.8 Å². The van der Waals surface area contributed by atoms with E-state index >= 15 is 0 Å². The number of halogens is 1. The fourth-order valence-corrected chi connectivity index (χ4v) is 5.95. The summed E-state index contributed by atoms with van der Waals surface area (Å²) in [4.78, 5) is 28.8. The van der Waals surface area contributed by atoms with Crippen LogP contribution in [0.4, 0.5) is 5.69 Å². The molecule has 0 bridgehead atoms. The third-order valence-electron chi connectivity index (χ3n) is 6.44. The molecule has 3 aromatic carbocycles. The highest BCUT2D eigenvalue weighted by molar-refractivity contribution is 7.92. The van der Waals surface area contributed by atoms with Crippen LogP contribution in [0.1, 0.15) is 32.3 Å². The van der Waals surface area contributed by atoms with Crippen molar-refractivity contribution < 1.29 is 27.5 Å². The van der Waals surface area contributed by atoms with Gasteiger partial charge in [0.1, 0.15) is 24.1 Å². The fourth-order valence-electron chi connectivity index (χ4n) is 4.34. The van der Waals surface area contributed by atoms with Gasteiger partial charge in [-0.2, -0.15) is 0 Å². The second kappa shape index (κ2) is 14.7. The maximum Gasteiger partial charge on any atom is 0.264 e. The van der Waals surface area contributed by atoms with E-state index in [0.29, 0.717) is 18.7 Å². The molecule has 1 N–H and O–H groups in total. The lowest BCUT2D eigenvalue weighted by molar-refractivity contribution is -0.140. The van der Waals surface area contributed by atoms with Gasteiger partial charge in [0.2, 0.25) is 11.8 Å². The predicted octanol–water partition coefficient (Wildman–Crippen LogP) is 4.89. The van der Waals surface area contributed by atoms with Gasteiger partial charge in [-0.05, 0) is 60.9 Å². The molecule has 220 valence electrons. The smallest absolute Gasteiger partial charge is 0.264 e. The van der Waals surface area contributed by atoms with Gasteiger partial charge in [-0.25, -0.2) is 8.42 Å². The highest BCUT2D eigenvalue weighted by Crippen LogP contribution is 2.35. The molecule has 0 saturated heterocycles. The van der Waals surface area contributed by atoms with Crippen LogP contribution in [0.25, 0.3) is 0 Å². The molecule has 3 rings (SSSR count). The zero-order valence-electron chi connectivity index (χ0n) is 23.7. The Morgan fingerprint density at radius 3 is 2.32 bits per heavy atom. The van der Waals surface area contributed by atoms with E-state index < -0.39 is 28.5 Å². The topological polar surface area (TPSA) is 105 Å². The number of methoxy groups -OCH3 is 2. The summed E-state index contributed by atoms with van der Waals surface area (Å²) >= 11 is 6.27. The average Bonchev–Trinajstić information content (AvgIpc) is 2.98. The van der Waals surface area contributed by atoms with Crippen molar-refractivity contribution >= 4 is 39.1 Å². The van der Waals surface area contributed by atoms with Crippen LogP contribution in [0.3, 0.4) is 0 Å². The molecule has 0 aliphatic carbocycles. The minimum absolute atomic E-state index is 0.0121. The second-order valence-electron chi connectivity index (χ2n) is 9.23. The van der Waals surface area contributed by atoms with E-state index in [4.69, 9.17) is 21.1 Å². The number of rotatable bonds is 14. The maximum absolute atomic E-state index is 14.2. The van der Waals surface area contributed by atoms with Crippen LogP contribution < -0.4 is 19.1 Å². The van der Waals surface area contributed by atoms with Crippen molar-refractivity contribution in [2.24, 2.45) is 0 Å². The number of carbonyl (C=O) groups is 2. The van der Waals surface area contributed by atoms with Crippen molar-refractivity contribution in [3.63, 3.8) is 0 Å². The van der Waals surface area contributed by atoms with E-state index in [1.54, 1.807) is 56.5 Å². The lowest BCUT2D eigenvalue weighted by Gasteiger charge is -2.33. The minimum atomic E-state index is -4.26. The number of sulfonamides is 1. The van der Waals surface area contributed by atoms with Gasteiger partial charge in [-0.1, -0.05) is 55.8 Å². The summed E-state index contributed by atoms with van der Waals surface area (Å²) in [6.45, 7) is 3.64. The monoisotopic (exact) mass is 601 g/mol. The van der Waals surface area contributed by atoms with E-state index in [1.807, 2.05) is 13.0 Å². The number of carbonyl (C=O) groups excluding carboxylic acids is 2. The van der Waals surface area contributed by atoms with E-state index in [9.17, 15) is 18.0 Å². The van der Waals surface area contributed by atoms with Crippen molar-refractivity contribution in [3.05, 3.63) is 83.4 Å². The number of hydrogen-bond acceptors (Lipinski definition) is 6. The largest absolute Gasteiger partial charge is 0.497 e. The van der Waals surface area contributed by atoms with Crippen molar-refractivity contribution in [2.45, 2.75) is 44.2 Å². The minimum Gasteiger partial charge on any atom is -0.497 e. The molecular formula is C30H36ClN3O6S. The van der Waals surface area contributed by atoms with Crippen LogP contribution in [0.2, 0.25) is 5.02 Å². The van der Waals surface area contributed by atoms with Gasteiger partial charge < -0.3 is 19.7 Å². The Labute approximate surface area is 247 Å². The van der Waals surface area contributed by atoms with E-state index in [2.05, 4.69) is 5.32 Å². The van der Waals surface area contributed by atoms with Crippen molar-refractivity contribution in [1.29, 1.82) is 0 Å². The number of amides is 2. The van der Waals surface area contributed by atoms with Crippen molar-refractivity contribution in [1.82, 2.24) is 10.2 Å². The number of ether oxygens (including phenoxy) is 2. The highest BCUT2D eigenvalue weighted by Gasteiger charge is 2.34. The molecule has 0 fully saturated rings.